The SMILES string of the molecule is CC(C)(C)NC(=O)C1CN(c2nc(N)nc(NCC3CCC(CNCCCNC4CCCCC4)CC3)n2)CCN1CCCP(=O)(O)O. The zero-order valence-corrected chi connectivity index (χ0v) is 29.8. The van der Waals surface area contributed by atoms with E-state index in [-0.39, 0.29) is 18.0 Å². The smallest absolute Gasteiger partial charge is 0.325 e. The van der Waals surface area contributed by atoms with Gasteiger partial charge in [-0.3, -0.25) is 14.3 Å². The molecule has 14 nitrogen and oxygen atoms in total. The van der Waals surface area contributed by atoms with Gasteiger partial charge < -0.3 is 41.7 Å². The second-order valence-corrected chi connectivity index (χ2v) is 16.7. The Hall–Kier alpha value is -2.09. The van der Waals surface area contributed by atoms with E-state index in [2.05, 4.69) is 36.2 Å². The molecule has 1 saturated heterocycles. The van der Waals surface area contributed by atoms with Crippen molar-refractivity contribution in [1.29, 1.82) is 0 Å². The van der Waals surface area contributed by atoms with Crippen LogP contribution in [0.4, 0.5) is 17.8 Å². The van der Waals surface area contributed by atoms with Gasteiger partial charge in [0.2, 0.25) is 23.8 Å². The first-order chi connectivity index (χ1) is 22.3. The van der Waals surface area contributed by atoms with E-state index in [0.29, 0.717) is 50.4 Å². The van der Waals surface area contributed by atoms with E-state index in [1.807, 2.05) is 30.6 Å². The van der Waals surface area contributed by atoms with Gasteiger partial charge in [-0.05, 0) is 110 Å². The van der Waals surface area contributed by atoms with E-state index in [1.165, 1.54) is 64.2 Å². The van der Waals surface area contributed by atoms with Crippen LogP contribution >= 0.6 is 7.60 Å². The van der Waals surface area contributed by atoms with Gasteiger partial charge in [-0.2, -0.15) is 15.0 Å². The number of rotatable bonds is 16. The van der Waals surface area contributed by atoms with Crippen LogP contribution in [0.5, 0.6) is 0 Å². The van der Waals surface area contributed by atoms with Gasteiger partial charge in [0.1, 0.15) is 6.04 Å². The van der Waals surface area contributed by atoms with Crippen molar-refractivity contribution in [3.63, 3.8) is 0 Å². The molecule has 2 heterocycles. The summed E-state index contributed by atoms with van der Waals surface area (Å²) in [6, 6.07) is 0.210. The van der Waals surface area contributed by atoms with E-state index in [1.54, 1.807) is 0 Å². The Bertz CT molecular complexity index is 1150. The molecule has 1 atom stereocenters. The van der Waals surface area contributed by atoms with Gasteiger partial charge in [-0.1, -0.05) is 19.3 Å². The van der Waals surface area contributed by atoms with Crippen molar-refractivity contribution in [2.45, 2.75) is 109 Å². The van der Waals surface area contributed by atoms with E-state index in [9.17, 15) is 19.1 Å². The summed E-state index contributed by atoms with van der Waals surface area (Å²) in [5.74, 6) is 2.13. The van der Waals surface area contributed by atoms with Crippen LogP contribution in [0.3, 0.4) is 0 Å². The molecule has 1 aromatic heterocycles. The number of anilines is 3. The van der Waals surface area contributed by atoms with Crippen LogP contribution in [0.1, 0.15) is 91.4 Å². The number of carbonyl (C=O) groups is 1. The zero-order valence-electron chi connectivity index (χ0n) is 28.9. The first-order valence-electron chi connectivity index (χ1n) is 17.9. The lowest BCUT2D eigenvalue weighted by atomic mass is 9.82. The minimum Gasteiger partial charge on any atom is -0.368 e. The van der Waals surface area contributed by atoms with Crippen LogP contribution in [0.15, 0.2) is 0 Å². The maximum absolute atomic E-state index is 13.3. The molecule has 3 aliphatic rings. The maximum Gasteiger partial charge on any atom is 0.325 e. The van der Waals surface area contributed by atoms with E-state index in [4.69, 9.17) is 5.73 Å². The Kier molecular flexibility index (Phi) is 14.5. The van der Waals surface area contributed by atoms with Crippen molar-refractivity contribution in [3.05, 3.63) is 0 Å². The molecule has 2 saturated carbocycles. The number of nitrogens with one attached hydrogen (secondary N) is 4. The van der Waals surface area contributed by atoms with Gasteiger partial charge >= 0.3 is 7.60 Å². The van der Waals surface area contributed by atoms with Crippen molar-refractivity contribution >= 4 is 31.3 Å². The van der Waals surface area contributed by atoms with Crippen molar-refractivity contribution in [1.82, 2.24) is 35.8 Å². The Labute approximate surface area is 281 Å². The minimum atomic E-state index is -4.10. The highest BCUT2D eigenvalue weighted by atomic mass is 31.2. The first kappa shape index (κ1) is 37.7. The lowest BCUT2D eigenvalue weighted by Crippen LogP contribution is -2.61. The topological polar surface area (TPSA) is 194 Å². The Morgan fingerprint density at radius 1 is 0.936 bits per heavy atom. The Balaban J connectivity index is 1.21. The van der Waals surface area contributed by atoms with Crippen LogP contribution < -0.4 is 31.9 Å². The largest absolute Gasteiger partial charge is 0.368 e. The molecule has 47 heavy (non-hydrogen) atoms. The van der Waals surface area contributed by atoms with Crippen molar-refractivity contribution in [2.24, 2.45) is 11.8 Å². The predicted octanol–water partition coefficient (Wildman–Crippen LogP) is 2.55. The number of nitrogens with zero attached hydrogens (tertiary/aromatic N) is 5. The van der Waals surface area contributed by atoms with Crippen LogP contribution in [-0.2, 0) is 9.36 Å². The molecule has 2 aliphatic carbocycles. The van der Waals surface area contributed by atoms with E-state index < -0.39 is 19.2 Å². The van der Waals surface area contributed by atoms with Crippen LogP contribution in [0, 0.1) is 11.8 Å². The highest BCUT2D eigenvalue weighted by Crippen LogP contribution is 2.35. The molecule has 0 spiro atoms. The van der Waals surface area contributed by atoms with E-state index in [0.717, 1.165) is 38.1 Å². The van der Waals surface area contributed by atoms with Crippen molar-refractivity contribution < 1.29 is 19.1 Å². The number of aromatic nitrogens is 3. The predicted molar refractivity (Wildman–Crippen MR) is 188 cm³/mol. The fourth-order valence-electron chi connectivity index (χ4n) is 7.06. The number of piperazine rings is 1. The molecular formula is C32H61N10O4P. The van der Waals surface area contributed by atoms with Crippen molar-refractivity contribution in [2.75, 3.05) is 74.5 Å². The van der Waals surface area contributed by atoms with Crippen LogP contribution in [0.2, 0.25) is 0 Å². The van der Waals surface area contributed by atoms with Gasteiger partial charge in [-0.25, -0.2) is 0 Å². The summed E-state index contributed by atoms with van der Waals surface area (Å²) in [6.07, 6.45) is 12.9. The third-order valence-electron chi connectivity index (χ3n) is 9.63. The summed E-state index contributed by atoms with van der Waals surface area (Å²) >= 11 is 0. The molecule has 8 N–H and O–H groups in total. The first-order valence-corrected chi connectivity index (χ1v) is 19.7. The molecule has 15 heteroatoms. The average Bonchev–Trinajstić information content (AvgIpc) is 3.01. The number of nitrogen functional groups attached to an aromatic ring is 1. The maximum atomic E-state index is 13.3. The number of hydrogen-bond donors (Lipinski definition) is 7. The summed E-state index contributed by atoms with van der Waals surface area (Å²) in [7, 11) is -4.10. The molecule has 0 bridgehead atoms. The quantitative estimate of drug-likeness (QED) is 0.0996. The molecule has 0 radical (unpaired) electrons. The standard InChI is InChI=1S/C32H61N10O4P/c1-32(2,3)40-28(43)27-23-42(19-18-41(27)17-8-20-47(44,45)46)31-38-29(33)37-30(39-31)36-22-25-13-11-24(12-14-25)21-34-15-7-16-35-26-9-5-4-6-10-26/h24-27,34-35H,4-23H2,1-3H3,(H,40,43)(H2,44,45,46)(H3,33,36,37,38,39). The number of carbonyl (C=O) groups excluding carboxylic acids is 1. The zero-order chi connectivity index (χ0) is 33.9. The Morgan fingerprint density at radius 2 is 1.64 bits per heavy atom. The summed E-state index contributed by atoms with van der Waals surface area (Å²) in [6.45, 7) is 11.7. The van der Waals surface area contributed by atoms with Crippen LogP contribution in [-0.4, -0.2) is 112 Å². The molecule has 1 aliphatic heterocycles. The highest BCUT2D eigenvalue weighted by molar-refractivity contribution is 7.51. The number of nitrogens with two attached hydrogens (primary N) is 1. The monoisotopic (exact) mass is 680 g/mol. The van der Waals surface area contributed by atoms with E-state index >= 15 is 0 Å². The van der Waals surface area contributed by atoms with Gasteiger partial charge in [0.25, 0.3) is 0 Å². The second-order valence-electron chi connectivity index (χ2n) is 14.9. The number of amides is 1. The number of hydrogen-bond acceptors (Lipinski definition) is 11. The molecule has 1 aromatic rings. The normalized spacial score (nSPS) is 23.5. The third-order valence-corrected chi connectivity index (χ3v) is 10.5. The molecule has 3 fully saturated rings. The second kappa shape index (κ2) is 18.1. The Morgan fingerprint density at radius 3 is 2.32 bits per heavy atom. The van der Waals surface area contributed by atoms with Gasteiger partial charge in [0, 0.05) is 37.8 Å². The molecule has 1 amide bonds. The summed E-state index contributed by atoms with van der Waals surface area (Å²) < 4.78 is 11.4. The average molecular weight is 681 g/mol. The highest BCUT2D eigenvalue weighted by Gasteiger charge is 2.35. The molecule has 268 valence electrons. The molecule has 0 aromatic carbocycles. The lowest BCUT2D eigenvalue weighted by Gasteiger charge is -2.41. The fourth-order valence-corrected chi connectivity index (χ4v) is 7.61. The van der Waals surface area contributed by atoms with Gasteiger partial charge in [-0.15, -0.1) is 0 Å². The van der Waals surface area contributed by atoms with Gasteiger partial charge in [0.15, 0.2) is 0 Å². The summed E-state index contributed by atoms with van der Waals surface area (Å²) in [4.78, 5) is 49.3. The molecule has 1 unspecified atom stereocenters. The van der Waals surface area contributed by atoms with Crippen molar-refractivity contribution in [3.8, 4) is 0 Å². The third kappa shape index (κ3) is 13.7. The van der Waals surface area contributed by atoms with Gasteiger partial charge in [0.05, 0.1) is 6.16 Å². The van der Waals surface area contributed by atoms with Crippen LogP contribution in [0.25, 0.3) is 0 Å². The minimum absolute atomic E-state index is 0.126. The summed E-state index contributed by atoms with van der Waals surface area (Å²) in [5.41, 5.74) is 5.69. The molecular weight excluding hydrogens is 619 g/mol. The fraction of sp³-hybridized carbons (Fsp3) is 0.875. The molecule has 4 rings (SSSR count). The summed E-state index contributed by atoms with van der Waals surface area (Å²) in [5, 5.41) is 13.9. The lowest BCUT2D eigenvalue weighted by molar-refractivity contribution is -0.128.